The van der Waals surface area contributed by atoms with Gasteiger partial charge in [0.25, 0.3) is 0 Å². The Morgan fingerprint density at radius 1 is 1.38 bits per heavy atom. The predicted octanol–water partition coefficient (Wildman–Crippen LogP) is 2.59. The summed E-state index contributed by atoms with van der Waals surface area (Å²) in [7, 11) is 1.78. The Labute approximate surface area is 165 Å². The largest absolute Gasteiger partial charge is 0.356 e. The van der Waals surface area contributed by atoms with Gasteiger partial charge in [0.15, 0.2) is 5.96 Å². The maximum atomic E-state index is 5.78. The number of rotatable bonds is 7. The van der Waals surface area contributed by atoms with Gasteiger partial charge in [0.2, 0.25) is 0 Å². The monoisotopic (exact) mass is 462 g/mol. The van der Waals surface area contributed by atoms with Crippen LogP contribution < -0.4 is 10.6 Å². The summed E-state index contributed by atoms with van der Waals surface area (Å²) in [5.74, 6) is 1.26. The van der Waals surface area contributed by atoms with Crippen LogP contribution in [0.2, 0.25) is 5.15 Å². The van der Waals surface area contributed by atoms with E-state index >= 15 is 0 Å². The van der Waals surface area contributed by atoms with Crippen LogP contribution in [0, 0.1) is 5.92 Å². The summed E-state index contributed by atoms with van der Waals surface area (Å²) < 4.78 is 1.94. The lowest BCUT2D eigenvalue weighted by atomic mass is 10.2. The first kappa shape index (κ1) is 20.7. The molecule has 1 atom stereocenters. The molecule has 0 fully saturated rings. The van der Waals surface area contributed by atoms with Crippen molar-refractivity contribution in [3.05, 3.63) is 47.5 Å². The van der Waals surface area contributed by atoms with Crippen LogP contribution in [0.1, 0.15) is 12.5 Å². The molecule has 132 valence electrons. The summed E-state index contributed by atoms with van der Waals surface area (Å²) in [5, 5.41) is 11.4. The molecule has 0 radical (unpaired) electrons. The maximum absolute atomic E-state index is 5.78. The van der Waals surface area contributed by atoms with Crippen molar-refractivity contribution in [2.75, 3.05) is 20.1 Å². The predicted molar refractivity (Wildman–Crippen MR) is 109 cm³/mol. The Morgan fingerprint density at radius 3 is 2.83 bits per heavy atom. The van der Waals surface area contributed by atoms with E-state index in [-0.39, 0.29) is 24.0 Å². The standard InChI is InChI=1S/C16H23ClN6.HI/c1-13(12-23-9-3-7-22-23)10-21-16(18-2)19-8-6-14-4-5-15(17)20-11-14;/h3-5,7,9,11,13H,6,8,10,12H2,1-2H3,(H2,18,19,21);1H. The molecule has 2 rings (SSSR count). The molecule has 2 heterocycles. The summed E-state index contributed by atoms with van der Waals surface area (Å²) in [6.07, 6.45) is 6.44. The fourth-order valence-electron chi connectivity index (χ4n) is 2.16. The lowest BCUT2D eigenvalue weighted by Gasteiger charge is -2.16. The van der Waals surface area contributed by atoms with E-state index in [2.05, 4.69) is 32.6 Å². The van der Waals surface area contributed by atoms with Crippen molar-refractivity contribution in [3.8, 4) is 0 Å². The zero-order chi connectivity index (χ0) is 16.5. The van der Waals surface area contributed by atoms with Gasteiger partial charge in [-0.3, -0.25) is 9.67 Å². The highest BCUT2D eigenvalue weighted by atomic mass is 127. The van der Waals surface area contributed by atoms with Crippen molar-refractivity contribution in [1.29, 1.82) is 0 Å². The van der Waals surface area contributed by atoms with Crippen LogP contribution in [0.4, 0.5) is 0 Å². The van der Waals surface area contributed by atoms with Crippen LogP contribution in [-0.4, -0.2) is 40.9 Å². The first-order chi connectivity index (χ1) is 11.2. The highest BCUT2D eigenvalue weighted by Gasteiger charge is 2.05. The first-order valence-electron chi connectivity index (χ1n) is 7.69. The van der Waals surface area contributed by atoms with E-state index in [1.165, 1.54) is 0 Å². The van der Waals surface area contributed by atoms with Gasteiger partial charge < -0.3 is 10.6 Å². The van der Waals surface area contributed by atoms with Gasteiger partial charge in [-0.25, -0.2) is 4.98 Å². The molecule has 0 aliphatic rings. The van der Waals surface area contributed by atoms with Gasteiger partial charge in [-0.1, -0.05) is 24.6 Å². The number of hydrogen-bond donors (Lipinski definition) is 2. The second kappa shape index (κ2) is 11.2. The zero-order valence-corrected chi connectivity index (χ0v) is 17.0. The Bertz CT molecular complexity index is 600. The molecule has 0 aliphatic carbocycles. The van der Waals surface area contributed by atoms with Crippen molar-refractivity contribution in [3.63, 3.8) is 0 Å². The Morgan fingerprint density at radius 2 is 2.21 bits per heavy atom. The van der Waals surface area contributed by atoms with Gasteiger partial charge in [0.05, 0.1) is 0 Å². The van der Waals surface area contributed by atoms with Crippen LogP contribution >= 0.6 is 35.6 Å². The number of pyridine rings is 1. The highest BCUT2D eigenvalue weighted by Crippen LogP contribution is 2.05. The molecule has 0 saturated carbocycles. The molecular formula is C16H24ClIN6. The summed E-state index contributed by atoms with van der Waals surface area (Å²) in [6.45, 7) is 4.69. The van der Waals surface area contributed by atoms with Crippen molar-refractivity contribution >= 4 is 41.5 Å². The molecule has 0 spiro atoms. The number of halogens is 2. The fourth-order valence-corrected chi connectivity index (χ4v) is 2.28. The van der Waals surface area contributed by atoms with Crippen molar-refractivity contribution in [1.82, 2.24) is 25.4 Å². The Kier molecular flexibility index (Phi) is 9.70. The minimum Gasteiger partial charge on any atom is -0.356 e. The van der Waals surface area contributed by atoms with Crippen molar-refractivity contribution in [2.45, 2.75) is 19.9 Å². The lowest BCUT2D eigenvalue weighted by Crippen LogP contribution is -2.40. The average molecular weight is 463 g/mol. The third kappa shape index (κ3) is 7.48. The molecule has 8 heteroatoms. The smallest absolute Gasteiger partial charge is 0.190 e. The molecule has 0 saturated heterocycles. The molecule has 1 unspecified atom stereocenters. The number of nitrogens with zero attached hydrogens (tertiary/aromatic N) is 4. The molecule has 0 aromatic carbocycles. The van der Waals surface area contributed by atoms with E-state index in [9.17, 15) is 0 Å². The van der Waals surface area contributed by atoms with Crippen LogP contribution in [0.5, 0.6) is 0 Å². The molecule has 0 amide bonds. The number of aliphatic imine (C=N–C) groups is 1. The van der Waals surface area contributed by atoms with E-state index in [0.717, 1.165) is 37.6 Å². The van der Waals surface area contributed by atoms with Gasteiger partial charge in [0.1, 0.15) is 5.15 Å². The van der Waals surface area contributed by atoms with Crippen LogP contribution in [0.25, 0.3) is 0 Å². The van der Waals surface area contributed by atoms with E-state index in [4.69, 9.17) is 11.6 Å². The van der Waals surface area contributed by atoms with Gasteiger partial charge in [-0.05, 0) is 30.0 Å². The summed E-state index contributed by atoms with van der Waals surface area (Å²) in [6, 6.07) is 5.73. The molecule has 2 aromatic rings. The van der Waals surface area contributed by atoms with Gasteiger partial charge in [-0.15, -0.1) is 24.0 Å². The lowest BCUT2D eigenvalue weighted by molar-refractivity contribution is 0.443. The van der Waals surface area contributed by atoms with E-state index < -0.39 is 0 Å². The second-order valence-corrected chi connectivity index (χ2v) is 5.84. The third-order valence-electron chi connectivity index (χ3n) is 3.39. The number of guanidine groups is 1. The van der Waals surface area contributed by atoms with Crippen molar-refractivity contribution in [2.24, 2.45) is 10.9 Å². The maximum Gasteiger partial charge on any atom is 0.190 e. The Hall–Kier alpha value is -1.35. The summed E-state index contributed by atoms with van der Waals surface area (Å²) >= 11 is 5.78. The number of nitrogens with one attached hydrogen (secondary N) is 2. The minimum absolute atomic E-state index is 0. The minimum atomic E-state index is 0. The molecule has 0 aliphatic heterocycles. The number of hydrogen-bond acceptors (Lipinski definition) is 3. The quantitative estimate of drug-likeness (QED) is 0.287. The second-order valence-electron chi connectivity index (χ2n) is 5.45. The van der Waals surface area contributed by atoms with E-state index in [1.54, 1.807) is 25.5 Å². The average Bonchev–Trinajstić information content (AvgIpc) is 3.05. The van der Waals surface area contributed by atoms with Crippen LogP contribution in [0.15, 0.2) is 41.8 Å². The van der Waals surface area contributed by atoms with Gasteiger partial charge in [0, 0.05) is 45.3 Å². The summed E-state index contributed by atoms with van der Waals surface area (Å²) in [4.78, 5) is 8.31. The molecular weight excluding hydrogens is 439 g/mol. The molecule has 6 nitrogen and oxygen atoms in total. The SMILES string of the molecule is CN=C(NCCc1ccc(Cl)nc1)NCC(C)Cn1cccn1.I. The normalized spacial score (nSPS) is 12.4. The topological polar surface area (TPSA) is 67.1 Å². The molecule has 2 aromatic heterocycles. The van der Waals surface area contributed by atoms with Crippen LogP contribution in [0.3, 0.4) is 0 Å². The molecule has 0 bridgehead atoms. The zero-order valence-electron chi connectivity index (χ0n) is 13.9. The summed E-state index contributed by atoms with van der Waals surface area (Å²) in [5.41, 5.74) is 1.14. The van der Waals surface area contributed by atoms with Crippen molar-refractivity contribution < 1.29 is 0 Å². The Balaban J connectivity index is 0.00000288. The number of aromatic nitrogens is 3. The first-order valence-corrected chi connectivity index (χ1v) is 8.07. The highest BCUT2D eigenvalue weighted by molar-refractivity contribution is 14.0. The van der Waals surface area contributed by atoms with Gasteiger partial charge >= 0.3 is 0 Å². The van der Waals surface area contributed by atoms with Gasteiger partial charge in [-0.2, -0.15) is 5.10 Å². The van der Waals surface area contributed by atoms with Crippen LogP contribution in [-0.2, 0) is 13.0 Å². The third-order valence-corrected chi connectivity index (χ3v) is 3.62. The molecule has 24 heavy (non-hydrogen) atoms. The molecule has 2 N–H and O–H groups in total. The van der Waals surface area contributed by atoms with E-state index in [1.807, 2.05) is 23.0 Å². The van der Waals surface area contributed by atoms with E-state index in [0.29, 0.717) is 11.1 Å². The fraction of sp³-hybridized carbons (Fsp3) is 0.438.